The number of rotatable bonds is 7. The molecule has 2 atom stereocenters. The number of sulfone groups is 1. The van der Waals surface area contributed by atoms with Crippen LogP contribution < -0.4 is 5.32 Å². The van der Waals surface area contributed by atoms with Crippen molar-refractivity contribution in [2.24, 2.45) is 5.92 Å². The molecule has 2 heterocycles. The molecule has 1 aromatic rings. The normalized spacial score (nSPS) is 23.0. The molecule has 5 nitrogen and oxygen atoms in total. The van der Waals surface area contributed by atoms with E-state index < -0.39 is 9.84 Å². The minimum absolute atomic E-state index is 0.204. The smallest absolute Gasteiger partial charge is 0.150 e. The number of aryl methyl sites for hydroxylation is 1. The van der Waals surface area contributed by atoms with E-state index in [1.165, 1.54) is 0 Å². The molecule has 20 heavy (non-hydrogen) atoms. The molecule has 2 rings (SSSR count). The van der Waals surface area contributed by atoms with Gasteiger partial charge in [-0.1, -0.05) is 13.8 Å². The number of nitrogens with one attached hydrogen (secondary N) is 1. The number of imidazole rings is 1. The molecule has 1 aromatic heterocycles. The van der Waals surface area contributed by atoms with E-state index in [9.17, 15) is 8.42 Å². The second-order valence-corrected chi connectivity index (χ2v) is 7.80. The molecule has 2 unspecified atom stereocenters. The summed E-state index contributed by atoms with van der Waals surface area (Å²) >= 11 is 0. The first-order valence-corrected chi connectivity index (χ1v) is 9.31. The highest BCUT2D eigenvalue weighted by atomic mass is 32.2. The van der Waals surface area contributed by atoms with Crippen molar-refractivity contribution in [3.8, 4) is 0 Å². The predicted molar refractivity (Wildman–Crippen MR) is 80.4 cm³/mol. The van der Waals surface area contributed by atoms with Crippen molar-refractivity contribution in [3.05, 3.63) is 18.2 Å². The average Bonchev–Trinajstić information content (AvgIpc) is 2.96. The first kappa shape index (κ1) is 15.5. The average molecular weight is 299 g/mol. The summed E-state index contributed by atoms with van der Waals surface area (Å²) in [7, 11) is -2.83. The summed E-state index contributed by atoms with van der Waals surface area (Å²) in [5.74, 6) is 1.93. The van der Waals surface area contributed by atoms with Crippen LogP contribution in [0.25, 0.3) is 0 Å². The minimum Gasteiger partial charge on any atom is -0.335 e. The largest absolute Gasteiger partial charge is 0.335 e. The third-order valence-electron chi connectivity index (χ3n) is 3.97. The van der Waals surface area contributed by atoms with Gasteiger partial charge in [0.15, 0.2) is 9.84 Å². The third kappa shape index (κ3) is 3.82. The van der Waals surface area contributed by atoms with Crippen molar-refractivity contribution in [2.75, 3.05) is 18.1 Å². The molecule has 1 N–H and O–H groups in total. The molecule has 1 aliphatic heterocycles. The van der Waals surface area contributed by atoms with Crippen molar-refractivity contribution >= 4 is 9.84 Å². The molecule has 114 valence electrons. The molecule has 0 aliphatic carbocycles. The zero-order chi connectivity index (χ0) is 14.6. The molecule has 1 aliphatic rings. The van der Waals surface area contributed by atoms with Gasteiger partial charge in [-0.2, -0.15) is 0 Å². The van der Waals surface area contributed by atoms with Gasteiger partial charge in [0.2, 0.25) is 0 Å². The van der Waals surface area contributed by atoms with Gasteiger partial charge in [-0.15, -0.1) is 0 Å². The first-order valence-electron chi connectivity index (χ1n) is 7.49. The maximum absolute atomic E-state index is 11.7. The van der Waals surface area contributed by atoms with Gasteiger partial charge < -0.3 is 9.88 Å². The standard InChI is InChI=1S/C14H25N3O2S/c1-3-7-17-8-6-16-14(17)10-13(15-4-2)12-5-9-20(18,19)11-12/h6,8,12-13,15H,3-5,7,9-11H2,1-2H3. The Hall–Kier alpha value is -0.880. The van der Waals surface area contributed by atoms with E-state index >= 15 is 0 Å². The fourth-order valence-electron chi connectivity index (χ4n) is 2.98. The summed E-state index contributed by atoms with van der Waals surface area (Å²) in [4.78, 5) is 4.44. The van der Waals surface area contributed by atoms with E-state index in [0.29, 0.717) is 11.5 Å². The third-order valence-corrected chi connectivity index (χ3v) is 5.77. The van der Waals surface area contributed by atoms with Crippen molar-refractivity contribution < 1.29 is 8.42 Å². The van der Waals surface area contributed by atoms with Gasteiger partial charge in [0, 0.05) is 31.4 Å². The Bertz CT molecular complexity index is 524. The zero-order valence-corrected chi connectivity index (χ0v) is 13.2. The van der Waals surface area contributed by atoms with Crippen LogP contribution in [0.4, 0.5) is 0 Å². The lowest BCUT2D eigenvalue weighted by Gasteiger charge is -2.23. The fourth-order valence-corrected chi connectivity index (χ4v) is 4.86. The summed E-state index contributed by atoms with van der Waals surface area (Å²) in [5, 5.41) is 3.45. The Kier molecular flexibility index (Phi) is 5.21. The molecular weight excluding hydrogens is 274 g/mol. The van der Waals surface area contributed by atoms with Crippen LogP contribution in [0, 0.1) is 5.92 Å². The molecule has 1 saturated heterocycles. The van der Waals surface area contributed by atoms with E-state index in [1.54, 1.807) is 0 Å². The maximum atomic E-state index is 11.7. The number of nitrogens with zero attached hydrogens (tertiary/aromatic N) is 2. The molecule has 0 bridgehead atoms. The predicted octanol–water partition coefficient (Wildman–Crippen LogP) is 1.25. The van der Waals surface area contributed by atoms with Crippen LogP contribution in [0.1, 0.15) is 32.5 Å². The highest BCUT2D eigenvalue weighted by Gasteiger charge is 2.33. The van der Waals surface area contributed by atoms with Gasteiger partial charge >= 0.3 is 0 Å². The molecule has 0 saturated carbocycles. The second-order valence-electron chi connectivity index (χ2n) is 5.57. The molecule has 1 fully saturated rings. The van der Waals surface area contributed by atoms with Gasteiger partial charge in [-0.05, 0) is 25.3 Å². The molecule has 0 amide bonds. The van der Waals surface area contributed by atoms with Crippen molar-refractivity contribution in [1.29, 1.82) is 0 Å². The lowest BCUT2D eigenvalue weighted by Crippen LogP contribution is -2.39. The number of hydrogen-bond donors (Lipinski definition) is 1. The van der Waals surface area contributed by atoms with Crippen molar-refractivity contribution in [2.45, 2.75) is 45.7 Å². The Labute approximate surface area is 121 Å². The highest BCUT2D eigenvalue weighted by Crippen LogP contribution is 2.23. The first-order chi connectivity index (χ1) is 9.55. The molecule has 0 spiro atoms. The summed E-state index contributed by atoms with van der Waals surface area (Å²) < 4.78 is 25.5. The van der Waals surface area contributed by atoms with E-state index in [-0.39, 0.29) is 12.0 Å². The SMILES string of the molecule is CCCn1ccnc1CC(NCC)C1CCS(=O)(=O)C1. The van der Waals surface area contributed by atoms with E-state index in [4.69, 9.17) is 0 Å². The molecule has 0 aromatic carbocycles. The summed E-state index contributed by atoms with van der Waals surface area (Å²) in [6, 6.07) is 0.204. The second kappa shape index (κ2) is 6.72. The van der Waals surface area contributed by atoms with Gasteiger partial charge in [0.05, 0.1) is 11.5 Å². The summed E-state index contributed by atoms with van der Waals surface area (Å²) in [5.41, 5.74) is 0. The monoisotopic (exact) mass is 299 g/mol. The summed E-state index contributed by atoms with van der Waals surface area (Å²) in [6.45, 7) is 6.04. The van der Waals surface area contributed by atoms with Crippen LogP contribution in [-0.4, -0.2) is 42.1 Å². The Morgan fingerprint density at radius 2 is 2.30 bits per heavy atom. The van der Waals surface area contributed by atoms with Crippen LogP contribution in [-0.2, 0) is 22.8 Å². The zero-order valence-electron chi connectivity index (χ0n) is 12.4. The van der Waals surface area contributed by atoms with E-state index in [2.05, 4.69) is 28.7 Å². The lowest BCUT2D eigenvalue weighted by atomic mass is 9.96. The molecular formula is C14H25N3O2S. The quantitative estimate of drug-likeness (QED) is 0.823. The highest BCUT2D eigenvalue weighted by molar-refractivity contribution is 7.91. The van der Waals surface area contributed by atoms with Crippen LogP contribution in [0.2, 0.25) is 0 Å². The lowest BCUT2D eigenvalue weighted by molar-refractivity contribution is 0.375. The number of aromatic nitrogens is 2. The fraction of sp³-hybridized carbons (Fsp3) is 0.786. The van der Waals surface area contributed by atoms with Crippen molar-refractivity contribution in [1.82, 2.24) is 14.9 Å². The topological polar surface area (TPSA) is 64.0 Å². The summed E-state index contributed by atoms with van der Waals surface area (Å²) in [6.07, 6.45) is 6.50. The van der Waals surface area contributed by atoms with Crippen molar-refractivity contribution in [3.63, 3.8) is 0 Å². The van der Waals surface area contributed by atoms with Gasteiger partial charge in [-0.3, -0.25) is 0 Å². The van der Waals surface area contributed by atoms with E-state index in [1.807, 2.05) is 12.4 Å². The van der Waals surface area contributed by atoms with Crippen LogP contribution in [0.5, 0.6) is 0 Å². The number of likely N-dealkylation sites (N-methyl/N-ethyl adjacent to an activating group) is 1. The maximum Gasteiger partial charge on any atom is 0.150 e. The minimum atomic E-state index is -2.83. The molecule has 0 radical (unpaired) electrons. The van der Waals surface area contributed by atoms with Gasteiger partial charge in [0.25, 0.3) is 0 Å². The van der Waals surface area contributed by atoms with Crippen LogP contribution >= 0.6 is 0 Å². The van der Waals surface area contributed by atoms with Gasteiger partial charge in [0.1, 0.15) is 5.82 Å². The van der Waals surface area contributed by atoms with Crippen LogP contribution in [0.3, 0.4) is 0 Å². The van der Waals surface area contributed by atoms with Crippen LogP contribution in [0.15, 0.2) is 12.4 Å². The van der Waals surface area contributed by atoms with Gasteiger partial charge in [-0.25, -0.2) is 13.4 Å². The van der Waals surface area contributed by atoms with E-state index in [0.717, 1.165) is 38.2 Å². The Morgan fingerprint density at radius 3 is 2.90 bits per heavy atom. The Morgan fingerprint density at radius 1 is 1.50 bits per heavy atom. The molecule has 6 heteroatoms. The Balaban J connectivity index is 2.07. The number of hydrogen-bond acceptors (Lipinski definition) is 4.